The molecular formula is C24H32ClN7O4S. The highest BCUT2D eigenvalue weighted by Crippen LogP contribution is 2.22. The van der Waals surface area contributed by atoms with Crippen molar-refractivity contribution in [2.24, 2.45) is 5.92 Å². The van der Waals surface area contributed by atoms with Gasteiger partial charge < -0.3 is 26.2 Å². The summed E-state index contributed by atoms with van der Waals surface area (Å²) in [4.78, 5) is 61.5. The van der Waals surface area contributed by atoms with Crippen LogP contribution in [0.3, 0.4) is 0 Å². The van der Waals surface area contributed by atoms with Gasteiger partial charge in [0.25, 0.3) is 5.91 Å². The molecule has 4 N–H and O–H groups in total. The quantitative estimate of drug-likeness (QED) is 0.347. The fraction of sp³-hybridized carbons (Fsp3) is 0.500. The van der Waals surface area contributed by atoms with Gasteiger partial charge in [-0.25, -0.2) is 9.97 Å². The summed E-state index contributed by atoms with van der Waals surface area (Å²) in [6, 6.07) is 1.86. The number of halogens is 1. The Balaban J connectivity index is 1.68. The number of carbonyl (C=O) groups excluding carboxylic acids is 4. The van der Waals surface area contributed by atoms with Gasteiger partial charge in [0.05, 0.1) is 10.7 Å². The van der Waals surface area contributed by atoms with E-state index < -0.39 is 23.9 Å². The fourth-order valence-corrected chi connectivity index (χ4v) is 4.98. The normalized spacial score (nSPS) is 15.1. The number of hydrogen-bond acceptors (Lipinski definition) is 8. The molecule has 1 aliphatic heterocycles. The minimum absolute atomic E-state index is 0.0460. The van der Waals surface area contributed by atoms with Crippen molar-refractivity contribution in [3.05, 3.63) is 38.9 Å². The number of carbonyl (C=O) groups is 4. The average molecular weight is 550 g/mol. The van der Waals surface area contributed by atoms with E-state index in [0.29, 0.717) is 29.4 Å². The first-order valence-corrected chi connectivity index (χ1v) is 13.2. The van der Waals surface area contributed by atoms with Crippen LogP contribution in [0.1, 0.15) is 47.1 Å². The predicted molar refractivity (Wildman–Crippen MR) is 141 cm³/mol. The van der Waals surface area contributed by atoms with E-state index in [1.807, 2.05) is 0 Å². The molecule has 4 amide bonds. The number of hydrogen-bond donors (Lipinski definition) is 4. The molecule has 0 aromatic carbocycles. The second-order valence-corrected chi connectivity index (χ2v) is 10.7. The van der Waals surface area contributed by atoms with Crippen molar-refractivity contribution in [2.45, 2.75) is 51.7 Å². The summed E-state index contributed by atoms with van der Waals surface area (Å²) in [6.45, 7) is 5.05. The van der Waals surface area contributed by atoms with E-state index in [9.17, 15) is 19.2 Å². The lowest BCUT2D eigenvalue weighted by Crippen LogP contribution is -2.52. The smallest absolute Gasteiger partial charge is 0.314 e. The molecule has 13 heteroatoms. The second-order valence-electron chi connectivity index (χ2n) is 9.18. The highest BCUT2D eigenvalue weighted by atomic mass is 35.5. The van der Waals surface area contributed by atoms with Crippen LogP contribution in [0.25, 0.3) is 0 Å². The first kappa shape index (κ1) is 28.5. The molecule has 0 fully saturated rings. The number of nitrogens with zero attached hydrogens (tertiary/aromatic N) is 3. The minimum Gasteiger partial charge on any atom is -0.349 e. The number of rotatable bonds is 9. The lowest BCUT2D eigenvalue weighted by atomic mass is 9.96. The van der Waals surface area contributed by atoms with E-state index in [0.717, 1.165) is 23.5 Å². The van der Waals surface area contributed by atoms with Gasteiger partial charge in [-0.2, -0.15) is 0 Å². The molecule has 1 aliphatic rings. The fourth-order valence-electron chi connectivity index (χ4n) is 3.89. The Bertz CT molecular complexity index is 1120. The molecule has 0 aliphatic carbocycles. The van der Waals surface area contributed by atoms with Crippen molar-refractivity contribution in [3.8, 4) is 0 Å². The zero-order valence-corrected chi connectivity index (χ0v) is 22.8. The van der Waals surface area contributed by atoms with E-state index in [1.165, 1.54) is 34.6 Å². The van der Waals surface area contributed by atoms with Gasteiger partial charge in [-0.05, 0) is 31.9 Å². The Hall–Kier alpha value is -3.09. The number of nitrogens with one attached hydrogen (secondary N) is 4. The zero-order valence-electron chi connectivity index (χ0n) is 21.3. The molecule has 200 valence electrons. The van der Waals surface area contributed by atoms with Gasteiger partial charge >= 0.3 is 11.8 Å². The highest BCUT2D eigenvalue weighted by Gasteiger charge is 2.28. The van der Waals surface area contributed by atoms with E-state index in [2.05, 4.69) is 31.2 Å². The van der Waals surface area contributed by atoms with Crippen LogP contribution < -0.4 is 21.3 Å². The van der Waals surface area contributed by atoms with Crippen LogP contribution in [0.15, 0.2) is 18.3 Å². The third-order valence-corrected chi connectivity index (χ3v) is 7.34. The van der Waals surface area contributed by atoms with Crippen LogP contribution in [-0.2, 0) is 27.3 Å². The highest BCUT2D eigenvalue weighted by molar-refractivity contribution is 7.13. The predicted octanol–water partition coefficient (Wildman–Crippen LogP) is 1.58. The van der Waals surface area contributed by atoms with Gasteiger partial charge in [-0.3, -0.25) is 19.2 Å². The Morgan fingerprint density at radius 1 is 1.14 bits per heavy atom. The van der Waals surface area contributed by atoms with Crippen molar-refractivity contribution >= 4 is 52.4 Å². The van der Waals surface area contributed by atoms with Gasteiger partial charge in [0.15, 0.2) is 5.01 Å². The van der Waals surface area contributed by atoms with Gasteiger partial charge in [0.2, 0.25) is 5.91 Å². The van der Waals surface area contributed by atoms with Crippen LogP contribution in [0.5, 0.6) is 0 Å². The SMILES string of the molecule is C[C@H](CC[C@H](NC(=O)C(=O)Nc1ccc(Cl)cn1)[C@@H](C)NC(=O)c1nc2c(s1)CNCC2)C(=O)N(C)C. The van der Waals surface area contributed by atoms with Crippen molar-refractivity contribution in [1.82, 2.24) is 30.8 Å². The van der Waals surface area contributed by atoms with Crippen molar-refractivity contribution in [2.75, 3.05) is 26.0 Å². The minimum atomic E-state index is -0.907. The van der Waals surface area contributed by atoms with Crippen LogP contribution in [-0.4, -0.2) is 71.2 Å². The number of thiazole rings is 1. The monoisotopic (exact) mass is 549 g/mol. The zero-order chi connectivity index (χ0) is 27.1. The number of fused-ring (bicyclic) bond motifs is 1. The molecule has 0 saturated carbocycles. The van der Waals surface area contributed by atoms with Crippen LogP contribution in [0.4, 0.5) is 5.82 Å². The Morgan fingerprint density at radius 2 is 1.89 bits per heavy atom. The van der Waals surface area contributed by atoms with E-state index in [4.69, 9.17) is 11.6 Å². The molecule has 3 heterocycles. The molecule has 3 rings (SSSR count). The maximum atomic E-state index is 12.9. The third kappa shape index (κ3) is 7.94. The molecule has 0 spiro atoms. The Kier molecular flexibility index (Phi) is 9.95. The van der Waals surface area contributed by atoms with Gasteiger partial charge in [0, 0.05) is 62.7 Å². The van der Waals surface area contributed by atoms with Crippen LogP contribution in [0, 0.1) is 5.92 Å². The average Bonchev–Trinajstić information content (AvgIpc) is 3.31. The largest absolute Gasteiger partial charge is 0.349 e. The summed E-state index contributed by atoms with van der Waals surface area (Å²) < 4.78 is 0. The molecule has 2 aromatic rings. The summed E-state index contributed by atoms with van der Waals surface area (Å²) in [6.07, 6.45) is 2.92. The molecule has 0 bridgehead atoms. The molecule has 2 aromatic heterocycles. The lowest BCUT2D eigenvalue weighted by Gasteiger charge is -2.27. The number of amides is 4. The molecule has 0 unspecified atom stereocenters. The molecule has 37 heavy (non-hydrogen) atoms. The second kappa shape index (κ2) is 12.9. The van der Waals surface area contributed by atoms with Crippen molar-refractivity contribution < 1.29 is 19.2 Å². The van der Waals surface area contributed by atoms with Gasteiger partial charge in [-0.15, -0.1) is 11.3 Å². The van der Waals surface area contributed by atoms with Crippen LogP contribution >= 0.6 is 22.9 Å². The lowest BCUT2D eigenvalue weighted by molar-refractivity contribution is -0.136. The molecule has 0 radical (unpaired) electrons. The number of pyridine rings is 1. The van der Waals surface area contributed by atoms with E-state index >= 15 is 0 Å². The molecule has 11 nitrogen and oxygen atoms in total. The topological polar surface area (TPSA) is 145 Å². The maximum absolute atomic E-state index is 12.9. The van der Waals surface area contributed by atoms with Crippen molar-refractivity contribution in [1.29, 1.82) is 0 Å². The number of anilines is 1. The first-order valence-electron chi connectivity index (χ1n) is 12.0. The first-order chi connectivity index (χ1) is 17.5. The Labute approximate surface area is 224 Å². The summed E-state index contributed by atoms with van der Waals surface area (Å²) in [5.41, 5.74) is 0.926. The maximum Gasteiger partial charge on any atom is 0.314 e. The molecule has 3 atom stereocenters. The summed E-state index contributed by atoms with van der Waals surface area (Å²) >= 11 is 7.15. The third-order valence-electron chi connectivity index (χ3n) is 6.02. The standard InChI is InChI=1S/C24H32ClN7O4S/c1-13(24(36)32(3)4)5-7-16(29-20(33)21(34)31-19-8-6-15(25)11-27-19)14(2)28-22(35)23-30-17-9-10-26-12-18(17)37-23/h6,8,11,13-14,16,26H,5,7,9-10,12H2,1-4H3,(H,28,35)(H,29,33)(H,27,31,34)/t13-,14-,16+/m1/s1. The number of aromatic nitrogens is 2. The van der Waals surface area contributed by atoms with Crippen molar-refractivity contribution in [3.63, 3.8) is 0 Å². The molecule has 0 saturated heterocycles. The molecular weight excluding hydrogens is 518 g/mol. The summed E-state index contributed by atoms with van der Waals surface area (Å²) in [5.74, 6) is -2.31. The summed E-state index contributed by atoms with van der Waals surface area (Å²) in [5, 5.41) is 12.0. The van der Waals surface area contributed by atoms with Gasteiger partial charge in [0.1, 0.15) is 5.82 Å². The Morgan fingerprint density at radius 3 is 2.54 bits per heavy atom. The summed E-state index contributed by atoms with van der Waals surface area (Å²) in [7, 11) is 3.36. The van der Waals surface area contributed by atoms with E-state index in [1.54, 1.807) is 27.9 Å². The van der Waals surface area contributed by atoms with Gasteiger partial charge in [-0.1, -0.05) is 18.5 Å². The van der Waals surface area contributed by atoms with Crippen LogP contribution in [0.2, 0.25) is 5.02 Å². The van der Waals surface area contributed by atoms with E-state index in [-0.39, 0.29) is 23.6 Å².